The molecule has 1 aliphatic rings. The molecule has 2 aromatic rings. The zero-order valence-corrected chi connectivity index (χ0v) is 17.3. The maximum absolute atomic E-state index is 14.9. The molecule has 0 amide bonds. The van der Waals surface area contributed by atoms with Gasteiger partial charge in [-0.2, -0.15) is 0 Å². The van der Waals surface area contributed by atoms with Gasteiger partial charge in [0.2, 0.25) is 0 Å². The summed E-state index contributed by atoms with van der Waals surface area (Å²) in [5, 5.41) is 0. The van der Waals surface area contributed by atoms with Crippen LogP contribution in [0.15, 0.2) is 60.7 Å². The molecule has 3 rings (SSSR count). The molecule has 0 radical (unpaired) electrons. The normalized spacial score (nSPS) is 20.0. The molecule has 0 spiro atoms. The smallest absolute Gasteiger partial charge is 0.131 e. The van der Waals surface area contributed by atoms with Gasteiger partial charge in [-0.05, 0) is 80.2 Å². The first kappa shape index (κ1) is 21.4. The van der Waals surface area contributed by atoms with Gasteiger partial charge in [0.1, 0.15) is 11.6 Å². The molecule has 0 saturated heterocycles. The number of hydrogen-bond acceptors (Lipinski definition) is 1. The van der Waals surface area contributed by atoms with E-state index in [1.807, 2.05) is 44.2 Å². The van der Waals surface area contributed by atoms with Crippen molar-refractivity contribution >= 4 is 0 Å². The van der Waals surface area contributed by atoms with E-state index in [1.165, 1.54) is 12.1 Å². The Morgan fingerprint density at radius 1 is 0.931 bits per heavy atom. The van der Waals surface area contributed by atoms with Gasteiger partial charge in [-0.3, -0.25) is 0 Å². The molecule has 154 valence electrons. The molecular weight excluding hydrogens is 366 g/mol. The fraction of sp³-hybridized carbons (Fsp3) is 0.385. The Morgan fingerprint density at radius 2 is 1.72 bits per heavy atom. The molecule has 1 aliphatic carbocycles. The van der Waals surface area contributed by atoms with Crippen LogP contribution < -0.4 is 0 Å². The molecule has 0 bridgehead atoms. The lowest BCUT2D eigenvalue weighted by molar-refractivity contribution is 0.148. The second-order valence-electron chi connectivity index (χ2n) is 7.77. The van der Waals surface area contributed by atoms with Crippen molar-refractivity contribution in [2.24, 2.45) is 5.92 Å². The first-order chi connectivity index (χ1) is 14.1. The van der Waals surface area contributed by atoms with E-state index in [2.05, 4.69) is 12.2 Å². The first-order valence-electron chi connectivity index (χ1n) is 10.5. The minimum Gasteiger partial charge on any atom is -0.373 e. The molecular formula is C26H30F2O. The van der Waals surface area contributed by atoms with Crippen molar-refractivity contribution in [1.29, 1.82) is 0 Å². The van der Waals surface area contributed by atoms with Crippen molar-refractivity contribution in [1.82, 2.24) is 0 Å². The molecule has 0 heterocycles. The van der Waals surface area contributed by atoms with Crippen LogP contribution in [-0.2, 0) is 11.3 Å². The highest BCUT2D eigenvalue weighted by Crippen LogP contribution is 2.38. The summed E-state index contributed by atoms with van der Waals surface area (Å²) in [5.41, 5.74) is 2.53. The second kappa shape index (κ2) is 10.5. The summed E-state index contributed by atoms with van der Waals surface area (Å²) in [7, 11) is 0. The van der Waals surface area contributed by atoms with E-state index in [0.29, 0.717) is 30.3 Å². The highest BCUT2D eigenvalue weighted by molar-refractivity contribution is 5.65. The van der Waals surface area contributed by atoms with E-state index >= 15 is 0 Å². The van der Waals surface area contributed by atoms with Crippen LogP contribution in [0.4, 0.5) is 8.78 Å². The zero-order chi connectivity index (χ0) is 20.6. The lowest BCUT2D eigenvalue weighted by Crippen LogP contribution is -2.13. The van der Waals surface area contributed by atoms with Crippen LogP contribution in [0.3, 0.4) is 0 Å². The minimum atomic E-state index is -0.351. The van der Waals surface area contributed by atoms with Crippen LogP contribution in [0.2, 0.25) is 0 Å². The van der Waals surface area contributed by atoms with Gasteiger partial charge in [0.15, 0.2) is 0 Å². The fourth-order valence-corrected chi connectivity index (χ4v) is 4.14. The van der Waals surface area contributed by atoms with E-state index < -0.39 is 0 Å². The summed E-state index contributed by atoms with van der Waals surface area (Å²) < 4.78 is 34.9. The van der Waals surface area contributed by atoms with E-state index in [4.69, 9.17) is 4.74 Å². The lowest BCUT2D eigenvalue weighted by atomic mass is 9.78. The Morgan fingerprint density at radius 3 is 2.38 bits per heavy atom. The predicted molar refractivity (Wildman–Crippen MR) is 116 cm³/mol. The van der Waals surface area contributed by atoms with E-state index in [1.54, 1.807) is 6.07 Å². The van der Waals surface area contributed by atoms with Crippen LogP contribution in [0.25, 0.3) is 11.1 Å². The summed E-state index contributed by atoms with van der Waals surface area (Å²) in [6.45, 7) is 4.83. The maximum atomic E-state index is 14.9. The molecule has 0 N–H and O–H groups in total. The van der Waals surface area contributed by atoms with Gasteiger partial charge in [0.25, 0.3) is 0 Å². The fourth-order valence-electron chi connectivity index (χ4n) is 4.14. The highest BCUT2D eigenvalue weighted by atomic mass is 19.1. The molecule has 0 unspecified atom stereocenters. The molecule has 3 heteroatoms. The molecule has 0 aromatic heterocycles. The number of hydrogen-bond donors (Lipinski definition) is 0. The quantitative estimate of drug-likeness (QED) is 0.346. The van der Waals surface area contributed by atoms with Crippen molar-refractivity contribution in [3.8, 4) is 11.1 Å². The number of halogens is 2. The van der Waals surface area contributed by atoms with Crippen molar-refractivity contribution in [3.63, 3.8) is 0 Å². The predicted octanol–water partition coefficient (Wildman–Crippen LogP) is 7.57. The Bertz CT molecular complexity index is 861. The second-order valence-corrected chi connectivity index (χ2v) is 7.77. The van der Waals surface area contributed by atoms with Crippen LogP contribution in [0.5, 0.6) is 0 Å². The summed E-state index contributed by atoms with van der Waals surface area (Å²) in [5.74, 6) is 0.298. The number of rotatable bonds is 7. The molecule has 29 heavy (non-hydrogen) atoms. The van der Waals surface area contributed by atoms with Gasteiger partial charge in [0, 0.05) is 5.56 Å². The van der Waals surface area contributed by atoms with E-state index in [9.17, 15) is 8.78 Å². The molecule has 2 aromatic carbocycles. The van der Waals surface area contributed by atoms with Crippen LogP contribution in [0, 0.1) is 17.6 Å². The summed E-state index contributed by atoms with van der Waals surface area (Å²) >= 11 is 0. The minimum absolute atomic E-state index is 0.227. The highest BCUT2D eigenvalue weighted by Gasteiger charge is 2.23. The average Bonchev–Trinajstić information content (AvgIpc) is 2.72. The first-order valence-corrected chi connectivity index (χ1v) is 10.5. The average molecular weight is 397 g/mol. The van der Waals surface area contributed by atoms with Crippen molar-refractivity contribution < 1.29 is 13.5 Å². The number of allylic oxidation sites excluding steroid dienone is 3. The third-order valence-electron chi connectivity index (χ3n) is 5.74. The van der Waals surface area contributed by atoms with Crippen LogP contribution in [0.1, 0.15) is 56.6 Å². The summed E-state index contributed by atoms with van der Waals surface area (Å²) in [6.07, 6.45) is 12.4. The molecule has 1 fully saturated rings. The standard InChI is InChI=1S/C26H30F2O/c1-3-5-15-29-18-20-9-13-24(25(27)16-20)22-12-14-23(26(28)17-22)21-10-7-19(6-4-2)8-11-21/h3-6,9,12-14,16-17,19,21H,7-8,10-11,15,18H2,1-2H3/t19-,21-. The monoisotopic (exact) mass is 396 g/mol. The third-order valence-corrected chi connectivity index (χ3v) is 5.74. The molecule has 0 atom stereocenters. The Labute approximate surface area is 173 Å². The van der Waals surface area contributed by atoms with Gasteiger partial charge in [0.05, 0.1) is 13.2 Å². The zero-order valence-electron chi connectivity index (χ0n) is 17.3. The largest absolute Gasteiger partial charge is 0.373 e. The lowest BCUT2D eigenvalue weighted by Gasteiger charge is -2.27. The number of benzene rings is 2. The van der Waals surface area contributed by atoms with Crippen molar-refractivity contribution in [2.45, 2.75) is 52.1 Å². The Kier molecular flexibility index (Phi) is 7.76. The van der Waals surface area contributed by atoms with Crippen LogP contribution >= 0.6 is 0 Å². The Balaban J connectivity index is 1.70. The van der Waals surface area contributed by atoms with Crippen LogP contribution in [-0.4, -0.2) is 6.61 Å². The van der Waals surface area contributed by atoms with Crippen molar-refractivity contribution in [2.75, 3.05) is 6.61 Å². The number of ether oxygens (including phenoxy) is 1. The topological polar surface area (TPSA) is 9.23 Å². The van der Waals surface area contributed by atoms with Gasteiger partial charge in [-0.15, -0.1) is 0 Å². The van der Waals surface area contributed by atoms with Gasteiger partial charge in [-0.1, -0.05) is 48.6 Å². The maximum Gasteiger partial charge on any atom is 0.131 e. The van der Waals surface area contributed by atoms with Gasteiger partial charge in [-0.25, -0.2) is 8.78 Å². The third kappa shape index (κ3) is 5.63. The van der Waals surface area contributed by atoms with E-state index in [0.717, 1.165) is 36.8 Å². The van der Waals surface area contributed by atoms with Gasteiger partial charge >= 0.3 is 0 Å². The van der Waals surface area contributed by atoms with Crippen molar-refractivity contribution in [3.05, 3.63) is 83.5 Å². The molecule has 0 aliphatic heterocycles. The van der Waals surface area contributed by atoms with E-state index in [-0.39, 0.29) is 17.6 Å². The molecule has 1 saturated carbocycles. The molecule has 1 nitrogen and oxygen atoms in total. The SMILES string of the molecule is CC=CCOCc1ccc(-c2ccc([C@H]3CC[C@H](C=CC)CC3)c(F)c2)c(F)c1. The Hall–Kier alpha value is -2.26. The summed E-state index contributed by atoms with van der Waals surface area (Å²) in [4.78, 5) is 0. The summed E-state index contributed by atoms with van der Waals surface area (Å²) in [6, 6.07) is 10.2. The van der Waals surface area contributed by atoms with Gasteiger partial charge < -0.3 is 4.74 Å².